The molecule has 1 aromatic rings. The minimum Gasteiger partial charge on any atom is -0.391 e. The smallest absolute Gasteiger partial charge is 0.315 e. The lowest BCUT2D eigenvalue weighted by Crippen LogP contribution is -2.49. The number of aliphatic hydroxyl groups is 1. The summed E-state index contributed by atoms with van der Waals surface area (Å²) in [6, 6.07) is 3.93. The highest BCUT2D eigenvalue weighted by molar-refractivity contribution is 7.09. The zero-order valence-electron chi connectivity index (χ0n) is 12.0. The molecular formula is C15H24N2O2S. The Labute approximate surface area is 124 Å². The molecule has 0 aliphatic heterocycles. The fourth-order valence-electron chi connectivity index (χ4n) is 2.61. The number of hydrogen-bond acceptors (Lipinski definition) is 3. The summed E-state index contributed by atoms with van der Waals surface area (Å²) >= 11 is 1.75. The minimum atomic E-state index is -0.391. The Morgan fingerprint density at radius 1 is 1.50 bits per heavy atom. The van der Waals surface area contributed by atoms with E-state index in [4.69, 9.17) is 0 Å². The maximum Gasteiger partial charge on any atom is 0.315 e. The van der Waals surface area contributed by atoms with Gasteiger partial charge in [0.05, 0.1) is 12.1 Å². The molecule has 2 rings (SSSR count). The van der Waals surface area contributed by atoms with Crippen molar-refractivity contribution in [2.75, 3.05) is 6.54 Å². The van der Waals surface area contributed by atoms with Crippen molar-refractivity contribution in [1.29, 1.82) is 0 Å². The fraction of sp³-hybridized carbons (Fsp3) is 0.667. The first-order valence-electron chi connectivity index (χ1n) is 7.40. The van der Waals surface area contributed by atoms with Crippen molar-refractivity contribution >= 4 is 17.4 Å². The molecule has 5 heteroatoms. The molecule has 112 valence electrons. The quantitative estimate of drug-likeness (QED) is 0.782. The molecule has 3 atom stereocenters. The van der Waals surface area contributed by atoms with Crippen molar-refractivity contribution in [2.24, 2.45) is 5.92 Å². The average molecular weight is 296 g/mol. The van der Waals surface area contributed by atoms with Gasteiger partial charge in [-0.2, -0.15) is 0 Å². The summed E-state index contributed by atoms with van der Waals surface area (Å²) in [6.07, 6.45) is 4.40. The van der Waals surface area contributed by atoms with Crippen molar-refractivity contribution < 1.29 is 9.90 Å². The molecule has 1 aliphatic rings. The maximum absolute atomic E-state index is 11.8. The Morgan fingerprint density at radius 3 is 3.00 bits per heavy atom. The number of carbonyl (C=O) groups excluding carboxylic acids is 1. The monoisotopic (exact) mass is 296 g/mol. The van der Waals surface area contributed by atoms with Crippen LogP contribution in [0.25, 0.3) is 0 Å². The first kappa shape index (κ1) is 15.3. The molecular weight excluding hydrogens is 272 g/mol. The van der Waals surface area contributed by atoms with Gasteiger partial charge in [0, 0.05) is 11.4 Å². The summed E-state index contributed by atoms with van der Waals surface area (Å²) in [5.41, 5.74) is 0. The van der Waals surface area contributed by atoms with Gasteiger partial charge in [-0.15, -0.1) is 11.3 Å². The summed E-state index contributed by atoms with van der Waals surface area (Å²) in [5, 5.41) is 17.7. The van der Waals surface area contributed by atoms with Crippen LogP contribution in [0, 0.1) is 5.92 Å². The molecule has 1 aromatic heterocycles. The summed E-state index contributed by atoms with van der Waals surface area (Å²) in [4.78, 5) is 13.2. The van der Waals surface area contributed by atoms with Gasteiger partial charge in [0.25, 0.3) is 0 Å². The third-order valence-corrected chi connectivity index (χ3v) is 4.69. The van der Waals surface area contributed by atoms with E-state index in [2.05, 4.69) is 35.1 Å². The van der Waals surface area contributed by atoms with Gasteiger partial charge in [-0.05, 0) is 36.6 Å². The highest BCUT2D eigenvalue weighted by Crippen LogP contribution is 2.18. The number of nitrogens with one attached hydrogen (secondary N) is 2. The van der Waals surface area contributed by atoms with Gasteiger partial charge in [0.1, 0.15) is 0 Å². The Bertz CT molecular complexity index is 408. The zero-order valence-corrected chi connectivity index (χ0v) is 12.8. The van der Waals surface area contributed by atoms with Gasteiger partial charge in [-0.3, -0.25) is 0 Å². The van der Waals surface area contributed by atoms with Crippen LogP contribution < -0.4 is 10.6 Å². The largest absolute Gasteiger partial charge is 0.391 e. The van der Waals surface area contributed by atoms with E-state index >= 15 is 0 Å². The van der Waals surface area contributed by atoms with Gasteiger partial charge in [0.15, 0.2) is 0 Å². The van der Waals surface area contributed by atoms with Gasteiger partial charge in [0.2, 0.25) is 0 Å². The molecule has 0 radical (unpaired) electrons. The lowest BCUT2D eigenvalue weighted by Gasteiger charge is -2.28. The topological polar surface area (TPSA) is 61.4 Å². The highest BCUT2D eigenvalue weighted by atomic mass is 32.1. The highest BCUT2D eigenvalue weighted by Gasteiger charge is 2.24. The van der Waals surface area contributed by atoms with E-state index in [1.54, 1.807) is 11.3 Å². The van der Waals surface area contributed by atoms with Crippen LogP contribution in [0.3, 0.4) is 0 Å². The zero-order chi connectivity index (χ0) is 14.4. The summed E-state index contributed by atoms with van der Waals surface area (Å²) in [5.74, 6) is 0.413. The molecule has 3 N–H and O–H groups in total. The summed E-state index contributed by atoms with van der Waals surface area (Å²) in [7, 11) is 0. The van der Waals surface area contributed by atoms with Crippen LogP contribution in [-0.2, 0) is 6.42 Å². The van der Waals surface area contributed by atoms with E-state index in [1.807, 2.05) is 0 Å². The van der Waals surface area contributed by atoms with Crippen LogP contribution >= 0.6 is 11.3 Å². The van der Waals surface area contributed by atoms with Crippen molar-refractivity contribution in [2.45, 2.75) is 51.2 Å². The average Bonchev–Trinajstić information content (AvgIpc) is 2.92. The number of carbonyl (C=O) groups is 1. The van der Waals surface area contributed by atoms with Crippen LogP contribution in [0.5, 0.6) is 0 Å². The molecule has 1 heterocycles. The fourth-order valence-corrected chi connectivity index (χ4v) is 3.48. The number of amides is 2. The second-order valence-electron chi connectivity index (χ2n) is 5.70. The lowest BCUT2D eigenvalue weighted by atomic mass is 9.93. The summed E-state index contributed by atoms with van der Waals surface area (Å²) < 4.78 is 0. The van der Waals surface area contributed by atoms with Gasteiger partial charge in [-0.1, -0.05) is 25.8 Å². The van der Waals surface area contributed by atoms with E-state index in [0.29, 0.717) is 12.5 Å². The molecule has 0 spiro atoms. The predicted octanol–water partition coefficient (Wildman–Crippen LogP) is 2.53. The van der Waals surface area contributed by atoms with Crippen LogP contribution in [-0.4, -0.2) is 29.8 Å². The van der Waals surface area contributed by atoms with Crippen LogP contribution in [0.4, 0.5) is 4.79 Å². The van der Waals surface area contributed by atoms with Crippen molar-refractivity contribution in [3.63, 3.8) is 0 Å². The van der Waals surface area contributed by atoms with Crippen molar-refractivity contribution in [3.8, 4) is 0 Å². The van der Waals surface area contributed by atoms with E-state index in [1.165, 1.54) is 4.88 Å². The van der Waals surface area contributed by atoms with Gasteiger partial charge < -0.3 is 15.7 Å². The lowest BCUT2D eigenvalue weighted by molar-refractivity contribution is 0.0942. The number of thiophene rings is 1. The third kappa shape index (κ3) is 4.80. The molecule has 0 bridgehead atoms. The number of hydrogen-bond donors (Lipinski definition) is 3. The van der Waals surface area contributed by atoms with E-state index < -0.39 is 6.10 Å². The standard InChI is InChI=1S/C15H24N2O2S/c1-11(9-12-5-4-8-20-12)10-16-15(19)17-13-6-2-3-7-14(13)18/h4-5,8,11,13-14,18H,2-3,6-7,9-10H2,1H3,(H2,16,17,19)/t11-,13-,14-/m0/s1. The number of urea groups is 1. The normalized spacial score (nSPS) is 24.1. The Kier molecular flexibility index (Phi) is 5.86. The third-order valence-electron chi connectivity index (χ3n) is 3.79. The van der Waals surface area contributed by atoms with E-state index in [0.717, 1.165) is 32.1 Å². The van der Waals surface area contributed by atoms with E-state index in [9.17, 15) is 9.90 Å². The van der Waals surface area contributed by atoms with Crippen LogP contribution in [0.2, 0.25) is 0 Å². The Morgan fingerprint density at radius 2 is 2.30 bits per heavy atom. The van der Waals surface area contributed by atoms with E-state index in [-0.39, 0.29) is 12.1 Å². The predicted molar refractivity (Wildman–Crippen MR) is 82.0 cm³/mol. The van der Waals surface area contributed by atoms with Gasteiger partial charge in [-0.25, -0.2) is 4.79 Å². The maximum atomic E-state index is 11.8. The molecule has 1 saturated carbocycles. The molecule has 2 amide bonds. The molecule has 1 fully saturated rings. The number of aliphatic hydroxyl groups excluding tert-OH is 1. The first-order chi connectivity index (χ1) is 9.65. The first-order valence-corrected chi connectivity index (χ1v) is 8.28. The molecule has 0 unspecified atom stereocenters. The van der Waals surface area contributed by atoms with Crippen molar-refractivity contribution in [3.05, 3.63) is 22.4 Å². The molecule has 0 aromatic carbocycles. The Hall–Kier alpha value is -1.07. The SMILES string of the molecule is C[C@H](CNC(=O)N[C@H]1CCCC[C@@H]1O)Cc1cccs1. The second kappa shape index (κ2) is 7.64. The van der Waals surface area contributed by atoms with Crippen LogP contribution in [0.15, 0.2) is 17.5 Å². The van der Waals surface area contributed by atoms with Crippen LogP contribution in [0.1, 0.15) is 37.5 Å². The molecule has 4 nitrogen and oxygen atoms in total. The summed E-state index contributed by atoms with van der Waals surface area (Å²) in [6.45, 7) is 2.79. The minimum absolute atomic E-state index is 0.0867. The molecule has 1 aliphatic carbocycles. The van der Waals surface area contributed by atoms with Gasteiger partial charge >= 0.3 is 6.03 Å². The second-order valence-corrected chi connectivity index (χ2v) is 6.73. The number of rotatable bonds is 5. The van der Waals surface area contributed by atoms with Crippen molar-refractivity contribution in [1.82, 2.24) is 10.6 Å². The Balaban J connectivity index is 1.66. The molecule has 0 saturated heterocycles. The molecule has 20 heavy (non-hydrogen) atoms.